The third-order valence-electron chi connectivity index (χ3n) is 6.33. The summed E-state index contributed by atoms with van der Waals surface area (Å²) in [6, 6.07) is 12.1. The minimum atomic E-state index is 0.297. The molecule has 2 aliphatic heterocycles. The Morgan fingerprint density at radius 2 is 1.42 bits per heavy atom. The number of piperazine rings is 1. The summed E-state index contributed by atoms with van der Waals surface area (Å²) in [4.78, 5) is 7.57. The maximum Gasteiger partial charge on any atom is 0.231 e. The van der Waals surface area contributed by atoms with E-state index in [-0.39, 0.29) is 0 Å². The third-order valence-corrected chi connectivity index (χ3v) is 7.06. The number of hydrogen-bond acceptors (Lipinski definition) is 6. The molecule has 0 radical (unpaired) electrons. The smallest absolute Gasteiger partial charge is 0.231 e. The number of benzene rings is 2. The van der Waals surface area contributed by atoms with Crippen molar-refractivity contribution in [3.8, 4) is 11.5 Å². The number of hydrogen-bond donors (Lipinski definition) is 1. The maximum atomic E-state index is 6.27. The van der Waals surface area contributed by atoms with E-state index in [1.807, 2.05) is 18.2 Å². The van der Waals surface area contributed by atoms with Crippen molar-refractivity contribution in [1.29, 1.82) is 0 Å². The Labute approximate surface area is 207 Å². The van der Waals surface area contributed by atoms with Crippen molar-refractivity contribution in [1.82, 2.24) is 14.7 Å². The van der Waals surface area contributed by atoms with Crippen LogP contribution in [0.3, 0.4) is 0 Å². The van der Waals surface area contributed by atoms with Crippen molar-refractivity contribution in [2.24, 2.45) is 5.73 Å². The Kier molecular flexibility index (Phi) is 9.12. The standard InChI is InChI=1S/C25H34Cl2N4O2/c26-22-5-3-20(15-23(22)27)17-31(18-21-4-6-24-25(16-21)33-19-32-24)10-2-9-30-13-11-29(12-14-30)8-1-7-28/h3-6,15-16H,1-2,7-14,17-19,28H2. The Hall–Kier alpha value is -1.54. The monoisotopic (exact) mass is 492 g/mol. The van der Waals surface area contributed by atoms with Gasteiger partial charge < -0.3 is 25.0 Å². The second-order valence-corrected chi connectivity index (χ2v) is 9.64. The first-order valence-electron chi connectivity index (χ1n) is 11.8. The molecule has 0 aliphatic carbocycles. The van der Waals surface area contributed by atoms with Crippen LogP contribution in [0.15, 0.2) is 36.4 Å². The predicted octanol–water partition coefficient (Wildman–Crippen LogP) is 4.08. The van der Waals surface area contributed by atoms with Gasteiger partial charge in [-0.1, -0.05) is 35.3 Å². The van der Waals surface area contributed by atoms with E-state index in [1.54, 1.807) is 0 Å². The van der Waals surface area contributed by atoms with E-state index in [1.165, 1.54) is 11.1 Å². The van der Waals surface area contributed by atoms with Crippen molar-refractivity contribution >= 4 is 23.2 Å². The van der Waals surface area contributed by atoms with E-state index in [2.05, 4.69) is 32.9 Å². The number of ether oxygens (including phenoxy) is 2. The molecule has 2 heterocycles. The van der Waals surface area contributed by atoms with E-state index in [0.29, 0.717) is 16.8 Å². The van der Waals surface area contributed by atoms with Crippen molar-refractivity contribution in [3.05, 3.63) is 57.6 Å². The van der Waals surface area contributed by atoms with Crippen molar-refractivity contribution < 1.29 is 9.47 Å². The highest BCUT2D eigenvalue weighted by Crippen LogP contribution is 2.33. The highest BCUT2D eigenvalue weighted by molar-refractivity contribution is 6.42. The molecule has 180 valence electrons. The fourth-order valence-electron chi connectivity index (χ4n) is 4.48. The molecule has 2 aromatic carbocycles. The predicted molar refractivity (Wildman–Crippen MR) is 134 cm³/mol. The van der Waals surface area contributed by atoms with Gasteiger partial charge in [-0.2, -0.15) is 0 Å². The van der Waals surface area contributed by atoms with Crippen LogP contribution < -0.4 is 15.2 Å². The van der Waals surface area contributed by atoms with Crippen molar-refractivity contribution in [2.45, 2.75) is 25.9 Å². The highest BCUT2D eigenvalue weighted by atomic mass is 35.5. The van der Waals surface area contributed by atoms with Gasteiger partial charge in [0.2, 0.25) is 6.79 Å². The van der Waals surface area contributed by atoms with Gasteiger partial charge >= 0.3 is 0 Å². The second-order valence-electron chi connectivity index (χ2n) is 8.83. The lowest BCUT2D eigenvalue weighted by atomic mass is 10.1. The van der Waals surface area contributed by atoms with E-state index in [4.69, 9.17) is 38.4 Å². The molecule has 0 unspecified atom stereocenters. The fraction of sp³-hybridized carbons (Fsp3) is 0.520. The summed E-state index contributed by atoms with van der Waals surface area (Å²) < 4.78 is 11.0. The quantitative estimate of drug-likeness (QED) is 0.509. The summed E-state index contributed by atoms with van der Waals surface area (Å²) in [6.45, 7) is 10.5. The molecule has 0 bridgehead atoms. The first-order valence-corrected chi connectivity index (χ1v) is 12.6. The molecule has 2 N–H and O–H groups in total. The van der Waals surface area contributed by atoms with Gasteiger partial charge in [-0.05, 0) is 67.9 Å². The summed E-state index contributed by atoms with van der Waals surface area (Å²) in [5.74, 6) is 1.65. The lowest BCUT2D eigenvalue weighted by Gasteiger charge is -2.35. The van der Waals surface area contributed by atoms with Gasteiger partial charge in [0.25, 0.3) is 0 Å². The van der Waals surface area contributed by atoms with E-state index < -0.39 is 0 Å². The molecule has 6 nitrogen and oxygen atoms in total. The average Bonchev–Trinajstić information content (AvgIpc) is 3.29. The van der Waals surface area contributed by atoms with Gasteiger partial charge in [0.1, 0.15) is 0 Å². The van der Waals surface area contributed by atoms with E-state index in [0.717, 1.165) is 89.8 Å². The SMILES string of the molecule is NCCCN1CCN(CCCN(Cc2ccc(Cl)c(Cl)c2)Cc2ccc3c(c2)OCO3)CC1. The average molecular weight is 493 g/mol. The van der Waals surface area contributed by atoms with Crippen LogP contribution in [0, 0.1) is 0 Å². The fourth-order valence-corrected chi connectivity index (χ4v) is 4.80. The minimum absolute atomic E-state index is 0.297. The molecular weight excluding hydrogens is 459 g/mol. The highest BCUT2D eigenvalue weighted by Gasteiger charge is 2.18. The van der Waals surface area contributed by atoms with Crippen molar-refractivity contribution in [2.75, 3.05) is 59.2 Å². The van der Waals surface area contributed by atoms with Crippen molar-refractivity contribution in [3.63, 3.8) is 0 Å². The zero-order chi connectivity index (χ0) is 23.0. The van der Waals surface area contributed by atoms with Crippen LogP contribution in [0.1, 0.15) is 24.0 Å². The van der Waals surface area contributed by atoms with Gasteiger partial charge in [0.05, 0.1) is 10.0 Å². The van der Waals surface area contributed by atoms with Crippen LogP contribution in [0.5, 0.6) is 11.5 Å². The lowest BCUT2D eigenvalue weighted by Crippen LogP contribution is -2.47. The van der Waals surface area contributed by atoms with E-state index in [9.17, 15) is 0 Å². The molecule has 2 aromatic rings. The lowest BCUT2D eigenvalue weighted by molar-refractivity contribution is 0.125. The second kappa shape index (κ2) is 12.2. The van der Waals surface area contributed by atoms with Crippen LogP contribution in [0.25, 0.3) is 0 Å². The van der Waals surface area contributed by atoms with Gasteiger partial charge in [-0.25, -0.2) is 0 Å². The number of nitrogens with two attached hydrogens (primary N) is 1. The summed E-state index contributed by atoms with van der Waals surface area (Å²) in [6.07, 6.45) is 2.21. The molecule has 0 atom stereocenters. The molecule has 0 amide bonds. The molecule has 0 saturated carbocycles. The number of halogens is 2. The zero-order valence-corrected chi connectivity index (χ0v) is 20.7. The molecule has 1 saturated heterocycles. The Bertz CT molecular complexity index is 906. The van der Waals surface area contributed by atoms with Crippen LogP contribution in [0.4, 0.5) is 0 Å². The summed E-state index contributed by atoms with van der Waals surface area (Å²) >= 11 is 12.4. The van der Waals surface area contributed by atoms with Gasteiger partial charge in [-0.15, -0.1) is 0 Å². The van der Waals surface area contributed by atoms with Crippen LogP contribution >= 0.6 is 23.2 Å². The largest absolute Gasteiger partial charge is 0.454 e. The maximum absolute atomic E-state index is 6.27. The molecular formula is C25H34Cl2N4O2. The van der Waals surface area contributed by atoms with Gasteiger partial charge in [0.15, 0.2) is 11.5 Å². The Morgan fingerprint density at radius 1 is 0.788 bits per heavy atom. The van der Waals surface area contributed by atoms with Gasteiger partial charge in [-0.3, -0.25) is 4.90 Å². The topological polar surface area (TPSA) is 54.2 Å². The molecule has 2 aliphatic rings. The molecule has 1 fully saturated rings. The first-order chi connectivity index (χ1) is 16.1. The Balaban J connectivity index is 1.33. The number of nitrogens with zero attached hydrogens (tertiary/aromatic N) is 3. The van der Waals surface area contributed by atoms with Crippen LogP contribution in [-0.4, -0.2) is 73.9 Å². The van der Waals surface area contributed by atoms with Gasteiger partial charge in [0, 0.05) is 45.8 Å². The number of rotatable bonds is 11. The molecule has 0 spiro atoms. The number of fused-ring (bicyclic) bond motifs is 1. The zero-order valence-electron chi connectivity index (χ0n) is 19.1. The normalized spacial score (nSPS) is 16.6. The van der Waals surface area contributed by atoms with Crippen LogP contribution in [-0.2, 0) is 13.1 Å². The molecule has 33 heavy (non-hydrogen) atoms. The minimum Gasteiger partial charge on any atom is -0.454 e. The summed E-state index contributed by atoms with van der Waals surface area (Å²) in [5.41, 5.74) is 8.03. The molecule has 4 rings (SSSR count). The van der Waals surface area contributed by atoms with Crippen LogP contribution in [0.2, 0.25) is 10.0 Å². The third kappa shape index (κ3) is 7.22. The molecule has 8 heteroatoms. The summed E-state index contributed by atoms with van der Waals surface area (Å²) in [7, 11) is 0. The summed E-state index contributed by atoms with van der Waals surface area (Å²) in [5, 5.41) is 1.19. The first kappa shape index (κ1) is 24.6. The Morgan fingerprint density at radius 3 is 2.12 bits per heavy atom. The van der Waals surface area contributed by atoms with E-state index >= 15 is 0 Å². The molecule has 0 aromatic heterocycles.